The van der Waals surface area contributed by atoms with Crippen LogP contribution in [0.3, 0.4) is 0 Å². The van der Waals surface area contributed by atoms with Crippen LogP contribution in [0.25, 0.3) is 0 Å². The van der Waals surface area contributed by atoms with Crippen LogP contribution in [0.15, 0.2) is 54.6 Å². The number of carbonyl (C=O) groups is 1. The summed E-state index contributed by atoms with van der Waals surface area (Å²) in [6.45, 7) is 0.387. The van der Waals surface area contributed by atoms with Gasteiger partial charge >= 0.3 is 6.03 Å². The average molecular weight is 312 g/mol. The van der Waals surface area contributed by atoms with Gasteiger partial charge < -0.3 is 10.6 Å². The zero-order chi connectivity index (χ0) is 16.1. The lowest BCUT2D eigenvalue weighted by Gasteiger charge is -2.34. The highest BCUT2D eigenvalue weighted by Crippen LogP contribution is 2.37. The number of amides is 2. The van der Waals surface area contributed by atoms with Gasteiger partial charge in [-0.1, -0.05) is 48.9 Å². The first kappa shape index (κ1) is 15.5. The van der Waals surface area contributed by atoms with Gasteiger partial charge in [-0.15, -0.1) is 0 Å². The first-order chi connectivity index (χ1) is 11.2. The molecule has 0 aliphatic heterocycles. The summed E-state index contributed by atoms with van der Waals surface area (Å²) >= 11 is 0. The first-order valence-corrected chi connectivity index (χ1v) is 8.06. The van der Waals surface area contributed by atoms with Crippen molar-refractivity contribution in [3.63, 3.8) is 0 Å². The van der Waals surface area contributed by atoms with Crippen LogP contribution in [0, 0.1) is 11.7 Å². The van der Waals surface area contributed by atoms with E-state index in [1.165, 1.54) is 18.6 Å². The fourth-order valence-corrected chi connectivity index (χ4v) is 2.88. The maximum absolute atomic E-state index is 12.9. The number of nitrogens with one attached hydrogen (secondary N) is 2. The quantitative estimate of drug-likeness (QED) is 0.855. The van der Waals surface area contributed by atoms with E-state index in [0.29, 0.717) is 12.5 Å². The van der Waals surface area contributed by atoms with Gasteiger partial charge in [-0.25, -0.2) is 9.18 Å². The molecule has 1 aliphatic carbocycles. The molecule has 1 unspecified atom stereocenters. The first-order valence-electron chi connectivity index (χ1n) is 8.06. The Balaban J connectivity index is 1.58. The number of halogens is 1. The normalized spacial score (nSPS) is 15.5. The number of urea groups is 1. The summed E-state index contributed by atoms with van der Waals surface area (Å²) < 4.78 is 12.9. The Bertz CT molecular complexity index is 638. The molecule has 1 saturated carbocycles. The van der Waals surface area contributed by atoms with E-state index in [1.807, 2.05) is 18.2 Å². The van der Waals surface area contributed by atoms with Crippen molar-refractivity contribution in [1.82, 2.24) is 10.6 Å². The van der Waals surface area contributed by atoms with Crippen molar-refractivity contribution in [2.45, 2.75) is 31.8 Å². The number of hydrogen-bond acceptors (Lipinski definition) is 1. The molecule has 0 aromatic heterocycles. The predicted molar refractivity (Wildman–Crippen MR) is 88.3 cm³/mol. The predicted octanol–water partition coefficient (Wildman–Crippen LogP) is 4.17. The van der Waals surface area contributed by atoms with E-state index >= 15 is 0 Å². The smallest absolute Gasteiger partial charge is 0.315 e. The van der Waals surface area contributed by atoms with Crippen molar-refractivity contribution in [2.75, 3.05) is 0 Å². The van der Waals surface area contributed by atoms with Gasteiger partial charge in [0.2, 0.25) is 0 Å². The fraction of sp³-hybridized carbons (Fsp3) is 0.316. The van der Waals surface area contributed by atoms with Crippen molar-refractivity contribution in [1.29, 1.82) is 0 Å². The third-order valence-corrected chi connectivity index (χ3v) is 4.43. The molecular formula is C19H21FN2O. The van der Waals surface area contributed by atoms with Crippen molar-refractivity contribution >= 4 is 6.03 Å². The van der Waals surface area contributed by atoms with Gasteiger partial charge in [-0.05, 0) is 42.0 Å². The van der Waals surface area contributed by atoms with E-state index in [4.69, 9.17) is 0 Å². The molecule has 3 nitrogen and oxygen atoms in total. The topological polar surface area (TPSA) is 41.1 Å². The van der Waals surface area contributed by atoms with Crippen LogP contribution in [0.1, 0.15) is 36.4 Å². The maximum atomic E-state index is 12.9. The van der Waals surface area contributed by atoms with Gasteiger partial charge in [0, 0.05) is 6.54 Å². The summed E-state index contributed by atoms with van der Waals surface area (Å²) in [6.07, 6.45) is 3.53. The second-order valence-corrected chi connectivity index (χ2v) is 6.03. The van der Waals surface area contributed by atoms with E-state index in [-0.39, 0.29) is 17.9 Å². The minimum absolute atomic E-state index is 0.0539. The Hall–Kier alpha value is -2.36. The molecule has 23 heavy (non-hydrogen) atoms. The maximum Gasteiger partial charge on any atom is 0.315 e. The molecule has 0 heterocycles. The number of carbonyl (C=O) groups excluding carboxylic acids is 1. The van der Waals surface area contributed by atoms with Gasteiger partial charge in [-0.3, -0.25) is 0 Å². The molecule has 2 aromatic rings. The third-order valence-electron chi connectivity index (χ3n) is 4.43. The van der Waals surface area contributed by atoms with Crippen LogP contribution in [-0.2, 0) is 6.54 Å². The standard InChI is InChI=1S/C19H21FN2O/c20-17-11-9-14(10-12-17)13-21-19(23)22-18(16-7-4-8-16)15-5-2-1-3-6-15/h1-3,5-6,9-12,16,18H,4,7-8,13H2,(H2,21,22,23). The molecule has 4 heteroatoms. The summed E-state index contributed by atoms with van der Waals surface area (Å²) in [5.41, 5.74) is 2.02. The molecule has 0 bridgehead atoms. The van der Waals surface area contributed by atoms with Crippen molar-refractivity contribution in [3.8, 4) is 0 Å². The van der Waals surface area contributed by atoms with Crippen LogP contribution in [0.5, 0.6) is 0 Å². The molecule has 1 atom stereocenters. The zero-order valence-corrected chi connectivity index (χ0v) is 13.0. The lowest BCUT2D eigenvalue weighted by molar-refractivity contribution is 0.207. The second kappa shape index (κ2) is 7.27. The van der Waals surface area contributed by atoms with E-state index in [0.717, 1.165) is 24.0 Å². The number of hydrogen-bond donors (Lipinski definition) is 2. The molecule has 0 radical (unpaired) electrons. The van der Waals surface area contributed by atoms with E-state index in [2.05, 4.69) is 22.8 Å². The minimum Gasteiger partial charge on any atom is -0.334 e. The van der Waals surface area contributed by atoms with Crippen LogP contribution >= 0.6 is 0 Å². The molecule has 2 N–H and O–H groups in total. The van der Waals surface area contributed by atoms with Gasteiger partial charge in [0.25, 0.3) is 0 Å². The molecule has 1 aliphatic rings. The summed E-state index contributed by atoms with van der Waals surface area (Å²) in [5, 5.41) is 5.94. The lowest BCUT2D eigenvalue weighted by Crippen LogP contribution is -2.41. The highest BCUT2D eigenvalue weighted by Gasteiger charge is 2.29. The van der Waals surface area contributed by atoms with E-state index in [1.54, 1.807) is 12.1 Å². The molecular weight excluding hydrogens is 291 g/mol. The van der Waals surface area contributed by atoms with E-state index < -0.39 is 0 Å². The van der Waals surface area contributed by atoms with Gasteiger partial charge in [-0.2, -0.15) is 0 Å². The van der Waals surface area contributed by atoms with Crippen molar-refractivity contribution in [3.05, 3.63) is 71.5 Å². The van der Waals surface area contributed by atoms with Gasteiger partial charge in [0.1, 0.15) is 5.82 Å². The Morgan fingerprint density at radius 2 is 1.78 bits per heavy atom. The summed E-state index contributed by atoms with van der Waals surface area (Å²) in [6, 6.07) is 16.1. The number of rotatable bonds is 5. The summed E-state index contributed by atoms with van der Waals surface area (Å²) in [4.78, 5) is 12.2. The molecule has 120 valence electrons. The van der Waals surface area contributed by atoms with Crippen LogP contribution in [0.4, 0.5) is 9.18 Å². The monoisotopic (exact) mass is 312 g/mol. The molecule has 2 aromatic carbocycles. The molecule has 1 fully saturated rings. The third kappa shape index (κ3) is 4.09. The Labute approximate surface area is 135 Å². The largest absolute Gasteiger partial charge is 0.334 e. The Kier molecular flexibility index (Phi) is 4.91. The van der Waals surface area contributed by atoms with Gasteiger partial charge in [0.05, 0.1) is 6.04 Å². The highest BCUT2D eigenvalue weighted by atomic mass is 19.1. The minimum atomic E-state index is -0.271. The van der Waals surface area contributed by atoms with E-state index in [9.17, 15) is 9.18 Å². The van der Waals surface area contributed by atoms with Crippen LogP contribution in [-0.4, -0.2) is 6.03 Å². The van der Waals surface area contributed by atoms with Crippen LogP contribution < -0.4 is 10.6 Å². The Morgan fingerprint density at radius 3 is 2.39 bits per heavy atom. The zero-order valence-electron chi connectivity index (χ0n) is 13.0. The molecule has 0 spiro atoms. The SMILES string of the molecule is O=C(NCc1ccc(F)cc1)NC(c1ccccc1)C1CCC1. The van der Waals surface area contributed by atoms with Crippen molar-refractivity contribution in [2.24, 2.45) is 5.92 Å². The highest BCUT2D eigenvalue weighted by molar-refractivity contribution is 5.74. The molecule has 3 rings (SSSR count). The molecule has 0 saturated heterocycles. The lowest BCUT2D eigenvalue weighted by atomic mass is 9.77. The van der Waals surface area contributed by atoms with Crippen molar-refractivity contribution < 1.29 is 9.18 Å². The van der Waals surface area contributed by atoms with Crippen LogP contribution in [0.2, 0.25) is 0 Å². The van der Waals surface area contributed by atoms with Gasteiger partial charge in [0.15, 0.2) is 0 Å². The Morgan fingerprint density at radius 1 is 1.09 bits per heavy atom. The second-order valence-electron chi connectivity index (χ2n) is 6.03. The summed E-state index contributed by atoms with van der Waals surface area (Å²) in [5.74, 6) is 0.237. The molecule has 2 amide bonds. The average Bonchev–Trinajstić information content (AvgIpc) is 2.53. The fourth-order valence-electron chi connectivity index (χ4n) is 2.88. The summed E-state index contributed by atoms with van der Waals surface area (Å²) in [7, 11) is 0. The number of benzene rings is 2.